The summed E-state index contributed by atoms with van der Waals surface area (Å²) in [5, 5.41) is 18.6. The van der Waals surface area contributed by atoms with Crippen LogP contribution in [0.3, 0.4) is 0 Å². The van der Waals surface area contributed by atoms with Crippen LogP contribution in [0.25, 0.3) is 0 Å². The summed E-state index contributed by atoms with van der Waals surface area (Å²) >= 11 is 0. The highest BCUT2D eigenvalue weighted by atomic mass is 16.3. The lowest BCUT2D eigenvalue weighted by Gasteiger charge is -2.03. The quantitative estimate of drug-likeness (QED) is 0.538. The molecule has 1 rings (SSSR count). The average molecular weight is 236 g/mol. The van der Waals surface area contributed by atoms with E-state index in [2.05, 4.69) is 0 Å². The summed E-state index contributed by atoms with van der Waals surface area (Å²) < 4.78 is 0. The third-order valence-electron chi connectivity index (χ3n) is 2.75. The van der Waals surface area contributed by atoms with E-state index in [0.29, 0.717) is 6.42 Å². The van der Waals surface area contributed by atoms with E-state index in [0.717, 1.165) is 50.4 Å². The molecule has 0 aliphatic rings. The monoisotopic (exact) mass is 236 g/mol. The molecule has 0 aromatic heterocycles. The lowest BCUT2D eigenvalue weighted by Crippen LogP contribution is -1.86. The van der Waals surface area contributed by atoms with Gasteiger partial charge in [0, 0.05) is 12.5 Å². The van der Waals surface area contributed by atoms with E-state index in [1.54, 1.807) is 12.1 Å². The fraction of sp³-hybridized carbons (Fsp3) is 0.500. The number of aldehydes is 1. The molecule has 0 heterocycles. The molecule has 0 saturated carbocycles. The minimum atomic E-state index is 0.117. The number of aromatic hydroxyl groups is 2. The molecule has 0 radical (unpaired) electrons. The van der Waals surface area contributed by atoms with Crippen LogP contribution in [-0.4, -0.2) is 16.5 Å². The summed E-state index contributed by atoms with van der Waals surface area (Å²) in [7, 11) is 0. The fourth-order valence-electron chi connectivity index (χ4n) is 1.89. The molecule has 0 fully saturated rings. The molecular weight excluding hydrogens is 216 g/mol. The largest absolute Gasteiger partial charge is 0.508 e. The molecule has 1 aromatic carbocycles. The number of phenolic OH excluding ortho intramolecular Hbond substituents is 2. The summed E-state index contributed by atoms with van der Waals surface area (Å²) in [6.45, 7) is 0. The Morgan fingerprint density at radius 2 is 1.47 bits per heavy atom. The predicted octanol–water partition coefficient (Wildman–Crippen LogP) is 3.18. The van der Waals surface area contributed by atoms with Crippen molar-refractivity contribution in [2.45, 2.75) is 44.9 Å². The smallest absolute Gasteiger partial charge is 0.119 e. The van der Waals surface area contributed by atoms with Gasteiger partial charge in [-0.1, -0.05) is 19.3 Å². The third-order valence-corrected chi connectivity index (χ3v) is 2.75. The number of hydrogen-bond acceptors (Lipinski definition) is 3. The average Bonchev–Trinajstić information content (AvgIpc) is 2.26. The van der Waals surface area contributed by atoms with Gasteiger partial charge in [0.2, 0.25) is 0 Å². The molecule has 3 heteroatoms. The second kappa shape index (κ2) is 7.71. The first-order valence-corrected chi connectivity index (χ1v) is 6.18. The van der Waals surface area contributed by atoms with Crippen molar-refractivity contribution >= 4 is 6.29 Å². The van der Waals surface area contributed by atoms with Crippen molar-refractivity contribution in [3.8, 4) is 11.5 Å². The zero-order valence-electron chi connectivity index (χ0n) is 10.1. The molecule has 0 spiro atoms. The molecule has 0 bridgehead atoms. The summed E-state index contributed by atoms with van der Waals surface area (Å²) in [6.07, 6.45) is 7.89. The van der Waals surface area contributed by atoms with Gasteiger partial charge in [-0.25, -0.2) is 0 Å². The van der Waals surface area contributed by atoms with Gasteiger partial charge in [-0.05, 0) is 37.0 Å². The number of benzene rings is 1. The Morgan fingerprint density at radius 3 is 2.12 bits per heavy atom. The highest BCUT2D eigenvalue weighted by Gasteiger charge is 1.99. The zero-order valence-corrected chi connectivity index (χ0v) is 10.1. The van der Waals surface area contributed by atoms with Crippen LogP contribution in [0.5, 0.6) is 11.5 Å². The van der Waals surface area contributed by atoms with Gasteiger partial charge in [0.05, 0.1) is 0 Å². The molecule has 0 atom stereocenters. The van der Waals surface area contributed by atoms with E-state index in [1.807, 2.05) is 0 Å². The van der Waals surface area contributed by atoms with E-state index in [9.17, 15) is 15.0 Å². The number of carbonyl (C=O) groups excluding carboxylic acids is 1. The molecule has 0 unspecified atom stereocenters. The summed E-state index contributed by atoms with van der Waals surface area (Å²) in [5.41, 5.74) is 0.968. The normalized spacial score (nSPS) is 10.4. The first-order chi connectivity index (χ1) is 8.22. The van der Waals surface area contributed by atoms with Crippen LogP contribution in [-0.2, 0) is 11.2 Å². The molecule has 17 heavy (non-hydrogen) atoms. The lowest BCUT2D eigenvalue weighted by molar-refractivity contribution is -0.107. The van der Waals surface area contributed by atoms with E-state index < -0.39 is 0 Å². The molecule has 0 saturated heterocycles. The van der Waals surface area contributed by atoms with Gasteiger partial charge < -0.3 is 15.0 Å². The zero-order chi connectivity index (χ0) is 12.5. The van der Waals surface area contributed by atoms with Crippen LogP contribution in [0, 0.1) is 0 Å². The Balaban J connectivity index is 2.15. The summed E-state index contributed by atoms with van der Waals surface area (Å²) in [4.78, 5) is 10.1. The summed E-state index contributed by atoms with van der Waals surface area (Å²) in [5.74, 6) is 0.233. The maximum atomic E-state index is 10.1. The molecule has 0 aliphatic heterocycles. The summed E-state index contributed by atoms with van der Waals surface area (Å²) in [6, 6.07) is 4.71. The molecule has 0 aliphatic carbocycles. The van der Waals surface area contributed by atoms with Crippen molar-refractivity contribution in [1.29, 1.82) is 0 Å². The topological polar surface area (TPSA) is 57.5 Å². The number of carbonyl (C=O) groups is 1. The van der Waals surface area contributed by atoms with Crippen LogP contribution in [0.1, 0.15) is 44.1 Å². The maximum absolute atomic E-state index is 10.1. The molecule has 3 nitrogen and oxygen atoms in total. The van der Waals surface area contributed by atoms with Gasteiger partial charge in [0.1, 0.15) is 17.8 Å². The predicted molar refractivity (Wildman–Crippen MR) is 67.2 cm³/mol. The van der Waals surface area contributed by atoms with Gasteiger partial charge in [-0.2, -0.15) is 0 Å². The van der Waals surface area contributed by atoms with E-state index in [-0.39, 0.29) is 11.5 Å². The molecule has 0 amide bonds. The maximum Gasteiger partial charge on any atom is 0.119 e. The van der Waals surface area contributed by atoms with Crippen molar-refractivity contribution in [3.05, 3.63) is 23.8 Å². The number of aryl methyl sites for hydroxylation is 1. The SMILES string of the molecule is O=CCCCCCCCc1cc(O)cc(O)c1. The van der Waals surface area contributed by atoms with Crippen molar-refractivity contribution in [3.63, 3.8) is 0 Å². The Labute approximate surface area is 102 Å². The second-order valence-corrected chi connectivity index (χ2v) is 4.33. The number of rotatable bonds is 8. The van der Waals surface area contributed by atoms with Crippen LogP contribution in [0.2, 0.25) is 0 Å². The Morgan fingerprint density at radius 1 is 0.882 bits per heavy atom. The van der Waals surface area contributed by atoms with Crippen molar-refractivity contribution < 1.29 is 15.0 Å². The minimum Gasteiger partial charge on any atom is -0.508 e. The number of unbranched alkanes of at least 4 members (excludes halogenated alkanes) is 5. The van der Waals surface area contributed by atoms with Crippen LogP contribution >= 0.6 is 0 Å². The van der Waals surface area contributed by atoms with E-state index >= 15 is 0 Å². The molecule has 1 aromatic rings. The third kappa shape index (κ3) is 5.95. The van der Waals surface area contributed by atoms with Gasteiger partial charge in [-0.15, -0.1) is 0 Å². The Kier molecular flexibility index (Phi) is 6.15. The van der Waals surface area contributed by atoms with Crippen LogP contribution < -0.4 is 0 Å². The van der Waals surface area contributed by atoms with Crippen molar-refractivity contribution in [1.82, 2.24) is 0 Å². The second-order valence-electron chi connectivity index (χ2n) is 4.33. The standard InChI is InChI=1S/C14H20O3/c15-8-6-4-2-1-3-5-7-12-9-13(16)11-14(17)10-12/h8-11,16-17H,1-7H2. The highest BCUT2D eigenvalue weighted by molar-refractivity contribution is 5.48. The highest BCUT2D eigenvalue weighted by Crippen LogP contribution is 2.21. The van der Waals surface area contributed by atoms with E-state index in [4.69, 9.17) is 0 Å². The molecule has 2 N–H and O–H groups in total. The first-order valence-electron chi connectivity index (χ1n) is 6.18. The van der Waals surface area contributed by atoms with E-state index in [1.165, 1.54) is 6.07 Å². The Bertz CT molecular complexity index is 327. The molecular formula is C14H20O3. The fourth-order valence-corrected chi connectivity index (χ4v) is 1.89. The first kappa shape index (κ1) is 13.6. The van der Waals surface area contributed by atoms with Gasteiger partial charge in [-0.3, -0.25) is 0 Å². The lowest BCUT2D eigenvalue weighted by atomic mass is 10.0. The minimum absolute atomic E-state index is 0.117. The molecule has 94 valence electrons. The van der Waals surface area contributed by atoms with Gasteiger partial charge >= 0.3 is 0 Å². The number of phenols is 2. The van der Waals surface area contributed by atoms with Crippen LogP contribution in [0.4, 0.5) is 0 Å². The van der Waals surface area contributed by atoms with Gasteiger partial charge in [0.25, 0.3) is 0 Å². The van der Waals surface area contributed by atoms with Crippen molar-refractivity contribution in [2.75, 3.05) is 0 Å². The number of hydrogen-bond donors (Lipinski definition) is 2. The Hall–Kier alpha value is -1.51. The van der Waals surface area contributed by atoms with Crippen molar-refractivity contribution in [2.24, 2.45) is 0 Å². The van der Waals surface area contributed by atoms with Crippen LogP contribution in [0.15, 0.2) is 18.2 Å². The van der Waals surface area contributed by atoms with Gasteiger partial charge in [0.15, 0.2) is 0 Å².